The van der Waals surface area contributed by atoms with Crippen LogP contribution in [0.25, 0.3) is 0 Å². The van der Waals surface area contributed by atoms with Crippen molar-refractivity contribution in [2.75, 3.05) is 0 Å². The molecule has 0 saturated heterocycles. The van der Waals surface area contributed by atoms with Crippen molar-refractivity contribution in [3.05, 3.63) is 51.3 Å². The summed E-state index contributed by atoms with van der Waals surface area (Å²) in [6.45, 7) is 4.63. The summed E-state index contributed by atoms with van der Waals surface area (Å²) in [4.78, 5) is 0. The lowest BCUT2D eigenvalue weighted by Gasteiger charge is -2.03. The summed E-state index contributed by atoms with van der Waals surface area (Å²) in [5.74, 6) is 2.77. The number of hydrogen-bond donors (Lipinski definition) is 0. The van der Waals surface area contributed by atoms with Gasteiger partial charge >= 0.3 is 24.7 Å². The number of alkyl halides is 12. The normalized spacial score (nSPS) is 12.2. The number of allylic oxidation sites excluding steroid dienone is 8. The molecular weight excluding hydrogens is 835 g/mol. The first-order valence-corrected chi connectivity index (χ1v) is 12.9. The van der Waals surface area contributed by atoms with Gasteiger partial charge < -0.3 is 0 Å². The third-order valence-electron chi connectivity index (χ3n) is 2.25. The molecule has 0 aliphatic heterocycles. The molecule has 0 rings (SSSR count). The van der Waals surface area contributed by atoms with Crippen LogP contribution in [0.1, 0.15) is 35.1 Å². The summed E-state index contributed by atoms with van der Waals surface area (Å²) in [6.07, 6.45) is -16.3. The predicted molar refractivity (Wildman–Crippen MR) is 157 cm³/mol. The smallest absolute Gasteiger partial charge is 0.167 e. The molecule has 0 nitrogen and oxygen atoms in total. The molecule has 0 unspecified atom stereocenters. The number of hydrogen-bond acceptors (Lipinski definition) is 0. The average molecular weight is 853 g/mol. The molecule has 0 spiro atoms. The van der Waals surface area contributed by atoms with Crippen LogP contribution in [0.15, 0.2) is 51.3 Å². The van der Waals surface area contributed by atoms with Gasteiger partial charge in [0, 0.05) is 22.1 Å². The third kappa shape index (κ3) is 42.3. The molecule has 0 aliphatic rings. The van der Waals surface area contributed by atoms with Gasteiger partial charge in [0.25, 0.3) is 0 Å². The van der Waals surface area contributed by atoms with Crippen LogP contribution in [-0.4, -0.2) is 24.7 Å². The van der Waals surface area contributed by atoms with E-state index in [1.165, 1.54) is 6.92 Å². The molecule has 256 valence electrons. The molecule has 0 heterocycles. The quantitative estimate of drug-likeness (QED) is 0.107. The lowest BCUT2D eigenvalue weighted by Crippen LogP contribution is -2.07. The third-order valence-corrected chi connectivity index (χ3v) is 5.81. The highest BCUT2D eigenvalue weighted by atomic mass is 35.5. The maximum Gasteiger partial charge on any atom is 0.457 e. The lowest BCUT2D eigenvalue weighted by atomic mass is 10.5. The standard InChI is InChI=1S/C4Cl6.2C4H3Cl2F3.C4H5F3.C4H3F3.CH4/c5-1(3(7)8)2(6)4(9)10;2*1-2(5)3(6)4(7,8)9;2*1-2-3-4(5,6)7;/h;2*1H3;2-3H,1H3;1H3;1H4/b;3-2+;2*3-2-;;. The number of rotatable bonds is 1. The Morgan fingerprint density at radius 1 is 0.558 bits per heavy atom. The van der Waals surface area contributed by atoms with Crippen LogP contribution in [0.5, 0.6) is 0 Å². The minimum Gasteiger partial charge on any atom is -0.167 e. The molecule has 0 aliphatic carbocycles. The zero-order valence-corrected chi connectivity index (χ0v) is 28.0. The highest BCUT2D eigenvalue weighted by Crippen LogP contribution is 2.33. The minimum atomic E-state index is -4.51. The van der Waals surface area contributed by atoms with Gasteiger partial charge in [0.2, 0.25) is 0 Å². The summed E-state index contributed by atoms with van der Waals surface area (Å²) < 4.78 is 134. The first-order chi connectivity index (χ1) is 18.3. The van der Waals surface area contributed by atoms with Crippen LogP contribution in [0.2, 0.25) is 0 Å². The Hall–Kier alpha value is 0.320. The summed E-state index contributed by atoms with van der Waals surface area (Å²) in [5, 5.41) is -3.53. The van der Waals surface area contributed by atoms with Crippen molar-refractivity contribution in [3.8, 4) is 11.8 Å². The van der Waals surface area contributed by atoms with Gasteiger partial charge in [-0.15, -0.1) is 0 Å². The molecule has 0 bridgehead atoms. The van der Waals surface area contributed by atoms with E-state index in [1.54, 1.807) is 5.92 Å². The molecule has 0 N–H and O–H groups in total. The van der Waals surface area contributed by atoms with Crippen molar-refractivity contribution in [2.24, 2.45) is 0 Å². The van der Waals surface area contributed by atoms with E-state index in [1.807, 2.05) is 0 Å². The van der Waals surface area contributed by atoms with Crippen molar-refractivity contribution < 1.29 is 52.7 Å². The first kappa shape index (κ1) is 55.7. The summed E-state index contributed by atoms with van der Waals surface area (Å²) >= 11 is 51.1. The Balaban J connectivity index is -0.0000000996. The van der Waals surface area contributed by atoms with Crippen LogP contribution in [-0.2, 0) is 0 Å². The van der Waals surface area contributed by atoms with E-state index < -0.39 is 44.8 Å². The van der Waals surface area contributed by atoms with Crippen LogP contribution in [0.4, 0.5) is 52.7 Å². The van der Waals surface area contributed by atoms with Gasteiger partial charge in [0.15, 0.2) is 0 Å². The maximum absolute atomic E-state index is 11.4. The molecular formula is C21H18Cl10F12. The van der Waals surface area contributed by atoms with Crippen LogP contribution in [0.3, 0.4) is 0 Å². The van der Waals surface area contributed by atoms with Gasteiger partial charge in [-0.1, -0.05) is 135 Å². The van der Waals surface area contributed by atoms with Gasteiger partial charge in [0.05, 0.1) is 10.1 Å². The SMILES string of the molecule is C.C/C(Cl)=C(/Cl)C(F)(F)F.C/C(Cl)=C(\Cl)C(F)(F)F.C/C=C\C(F)(F)F.CC#CC(F)(F)F.ClC(Cl)=C(Cl)C(Cl)=C(Cl)Cl. The van der Waals surface area contributed by atoms with Gasteiger partial charge in [-0.25, -0.2) is 0 Å². The Morgan fingerprint density at radius 3 is 0.837 bits per heavy atom. The van der Waals surface area contributed by atoms with Crippen LogP contribution < -0.4 is 0 Å². The fourth-order valence-electron chi connectivity index (χ4n) is 0.887. The van der Waals surface area contributed by atoms with E-state index in [-0.39, 0.29) is 32.6 Å². The second-order valence-corrected chi connectivity index (χ2v) is 10.3. The minimum absolute atomic E-state index is 0. The molecule has 0 saturated carbocycles. The van der Waals surface area contributed by atoms with Crippen molar-refractivity contribution in [1.29, 1.82) is 0 Å². The molecule has 0 amide bonds. The Labute approximate surface area is 290 Å². The molecule has 0 atom stereocenters. The van der Waals surface area contributed by atoms with E-state index in [0.29, 0.717) is 0 Å². The molecule has 43 heavy (non-hydrogen) atoms. The van der Waals surface area contributed by atoms with Crippen LogP contribution >= 0.6 is 116 Å². The molecule has 0 fully saturated rings. The summed E-state index contributed by atoms with van der Waals surface area (Å²) in [7, 11) is 0. The van der Waals surface area contributed by atoms with E-state index in [0.717, 1.165) is 32.8 Å². The van der Waals surface area contributed by atoms with Crippen molar-refractivity contribution in [2.45, 2.75) is 59.8 Å². The monoisotopic (exact) mass is 848 g/mol. The summed E-state index contributed by atoms with van der Waals surface area (Å²) in [5.41, 5.74) is 0. The van der Waals surface area contributed by atoms with E-state index in [9.17, 15) is 52.7 Å². The maximum atomic E-state index is 11.4. The fraction of sp³-hybridized carbons (Fsp3) is 0.429. The lowest BCUT2D eigenvalue weighted by molar-refractivity contribution is -0.0858. The van der Waals surface area contributed by atoms with Gasteiger partial charge in [-0.3, -0.25) is 0 Å². The Morgan fingerprint density at radius 2 is 0.814 bits per heavy atom. The topological polar surface area (TPSA) is 0 Å². The molecule has 0 aromatic heterocycles. The second kappa shape index (κ2) is 26.4. The predicted octanol–water partition coefficient (Wildman–Crippen LogP) is 15.6. The van der Waals surface area contributed by atoms with E-state index in [4.69, 9.17) is 116 Å². The van der Waals surface area contributed by atoms with Gasteiger partial charge in [-0.2, -0.15) is 52.7 Å². The van der Waals surface area contributed by atoms with Crippen molar-refractivity contribution in [1.82, 2.24) is 0 Å². The van der Waals surface area contributed by atoms with Crippen molar-refractivity contribution in [3.63, 3.8) is 0 Å². The van der Waals surface area contributed by atoms with E-state index in [2.05, 4.69) is 0 Å². The fourth-order valence-corrected chi connectivity index (χ4v) is 1.86. The molecule has 0 radical (unpaired) electrons. The number of halogens is 22. The van der Waals surface area contributed by atoms with Gasteiger partial charge in [0.1, 0.15) is 19.0 Å². The Bertz CT molecular complexity index is 947. The zero-order valence-electron chi connectivity index (χ0n) is 20.5. The zero-order chi connectivity index (χ0) is 35.4. The van der Waals surface area contributed by atoms with E-state index >= 15 is 0 Å². The molecule has 0 aromatic carbocycles. The highest BCUT2D eigenvalue weighted by Gasteiger charge is 2.34. The summed E-state index contributed by atoms with van der Waals surface area (Å²) in [6, 6.07) is 0. The molecule has 0 aromatic rings. The second-order valence-electron chi connectivity index (χ2n) is 5.75. The average Bonchev–Trinajstić information content (AvgIpc) is 2.75. The largest absolute Gasteiger partial charge is 0.457 e. The Kier molecular flexibility index (Phi) is 34.2. The molecule has 22 heteroatoms. The van der Waals surface area contributed by atoms with Crippen molar-refractivity contribution >= 4 is 116 Å². The first-order valence-electron chi connectivity index (χ1n) is 9.11. The van der Waals surface area contributed by atoms with Crippen LogP contribution in [0, 0.1) is 11.8 Å². The highest BCUT2D eigenvalue weighted by molar-refractivity contribution is 6.65. The van der Waals surface area contributed by atoms with Gasteiger partial charge in [-0.05, 0) is 27.7 Å².